The van der Waals surface area contributed by atoms with Gasteiger partial charge >= 0.3 is 0 Å². The van der Waals surface area contributed by atoms with Gasteiger partial charge in [0.1, 0.15) is 18.0 Å². The van der Waals surface area contributed by atoms with Gasteiger partial charge in [-0.3, -0.25) is 0 Å². The summed E-state index contributed by atoms with van der Waals surface area (Å²) in [5, 5.41) is 3.54. The molecular formula is C17H27NO2. The average Bonchev–Trinajstić information content (AvgIpc) is 2.48. The van der Waals surface area contributed by atoms with Crippen molar-refractivity contribution >= 4 is 0 Å². The summed E-state index contributed by atoms with van der Waals surface area (Å²) in [6.07, 6.45) is 3.54. The quantitative estimate of drug-likeness (QED) is 0.791. The minimum atomic E-state index is 0.177. The molecule has 1 aromatic rings. The van der Waals surface area contributed by atoms with Gasteiger partial charge in [-0.2, -0.15) is 0 Å². The monoisotopic (exact) mass is 277 g/mol. The number of hydrogen-bond acceptors (Lipinski definition) is 3. The molecule has 3 nitrogen and oxygen atoms in total. The summed E-state index contributed by atoms with van der Waals surface area (Å²) in [4.78, 5) is 0. The molecular weight excluding hydrogens is 250 g/mol. The lowest BCUT2D eigenvalue weighted by atomic mass is 9.85. The first-order valence-electron chi connectivity index (χ1n) is 7.89. The van der Waals surface area contributed by atoms with Crippen LogP contribution in [-0.4, -0.2) is 31.4 Å². The molecule has 1 saturated carbocycles. The van der Waals surface area contributed by atoms with E-state index in [1.165, 1.54) is 5.56 Å². The largest absolute Gasteiger partial charge is 0.487 e. The standard InChI is InChI=1S/C17H27NO2/c1-4-11-18-14-12-16(17(14)19-6-3)20-15-10-8-7-9-13(15)5-2/h7-10,14,16-18H,4-6,11-12H2,1-3H3. The molecule has 112 valence electrons. The Morgan fingerprint density at radius 1 is 1.20 bits per heavy atom. The van der Waals surface area contributed by atoms with Crippen LogP contribution in [0.15, 0.2) is 24.3 Å². The number of para-hydroxylation sites is 1. The summed E-state index contributed by atoms with van der Waals surface area (Å²) >= 11 is 0. The second kappa shape index (κ2) is 7.65. The average molecular weight is 277 g/mol. The van der Waals surface area contributed by atoms with E-state index in [-0.39, 0.29) is 12.2 Å². The predicted octanol–water partition coefficient (Wildman–Crippen LogP) is 3.17. The van der Waals surface area contributed by atoms with Crippen molar-refractivity contribution in [2.45, 2.75) is 58.3 Å². The Morgan fingerprint density at radius 2 is 2.00 bits per heavy atom. The fourth-order valence-corrected chi connectivity index (χ4v) is 2.72. The van der Waals surface area contributed by atoms with Gasteiger partial charge in [0.15, 0.2) is 0 Å². The van der Waals surface area contributed by atoms with Crippen LogP contribution in [0.3, 0.4) is 0 Å². The first-order chi connectivity index (χ1) is 9.80. The lowest BCUT2D eigenvalue weighted by Gasteiger charge is -2.44. The van der Waals surface area contributed by atoms with Crippen molar-refractivity contribution in [3.8, 4) is 5.75 Å². The van der Waals surface area contributed by atoms with Gasteiger partial charge in [0.05, 0.1) is 0 Å². The van der Waals surface area contributed by atoms with Crippen LogP contribution in [0, 0.1) is 0 Å². The van der Waals surface area contributed by atoms with E-state index >= 15 is 0 Å². The Kier molecular flexibility index (Phi) is 5.86. The SMILES string of the molecule is CCCNC1CC(Oc2ccccc2CC)C1OCC. The summed E-state index contributed by atoms with van der Waals surface area (Å²) in [7, 11) is 0. The van der Waals surface area contributed by atoms with Crippen molar-refractivity contribution in [2.24, 2.45) is 0 Å². The molecule has 0 amide bonds. The van der Waals surface area contributed by atoms with Crippen LogP contribution < -0.4 is 10.1 Å². The Hall–Kier alpha value is -1.06. The van der Waals surface area contributed by atoms with Crippen LogP contribution in [0.5, 0.6) is 5.75 Å². The normalized spacial score (nSPS) is 25.2. The van der Waals surface area contributed by atoms with E-state index in [1.807, 2.05) is 13.0 Å². The lowest BCUT2D eigenvalue weighted by Crippen LogP contribution is -2.61. The van der Waals surface area contributed by atoms with Crippen molar-refractivity contribution in [3.63, 3.8) is 0 Å². The van der Waals surface area contributed by atoms with Crippen molar-refractivity contribution in [1.29, 1.82) is 0 Å². The van der Waals surface area contributed by atoms with Crippen LogP contribution in [0.4, 0.5) is 0 Å². The molecule has 0 spiro atoms. The third kappa shape index (κ3) is 3.53. The van der Waals surface area contributed by atoms with E-state index in [9.17, 15) is 0 Å². The first-order valence-corrected chi connectivity index (χ1v) is 7.89. The van der Waals surface area contributed by atoms with Crippen LogP contribution in [0.1, 0.15) is 39.2 Å². The van der Waals surface area contributed by atoms with E-state index in [0.29, 0.717) is 6.04 Å². The molecule has 1 aliphatic rings. The van der Waals surface area contributed by atoms with E-state index in [4.69, 9.17) is 9.47 Å². The van der Waals surface area contributed by atoms with Gasteiger partial charge in [0.25, 0.3) is 0 Å². The topological polar surface area (TPSA) is 30.5 Å². The summed E-state index contributed by atoms with van der Waals surface area (Å²) in [6, 6.07) is 8.74. The van der Waals surface area contributed by atoms with Crippen LogP contribution in [0.2, 0.25) is 0 Å². The molecule has 0 heterocycles. The summed E-state index contributed by atoms with van der Waals surface area (Å²) in [5.74, 6) is 1.01. The third-order valence-corrected chi connectivity index (χ3v) is 3.90. The number of rotatable bonds is 8. The van der Waals surface area contributed by atoms with E-state index in [0.717, 1.165) is 38.2 Å². The van der Waals surface area contributed by atoms with Crippen molar-refractivity contribution < 1.29 is 9.47 Å². The molecule has 0 aromatic heterocycles. The van der Waals surface area contributed by atoms with E-state index in [1.54, 1.807) is 0 Å². The van der Waals surface area contributed by atoms with E-state index < -0.39 is 0 Å². The lowest BCUT2D eigenvalue weighted by molar-refractivity contribution is -0.104. The number of hydrogen-bond donors (Lipinski definition) is 1. The molecule has 3 heteroatoms. The van der Waals surface area contributed by atoms with Gasteiger partial charge in [-0.25, -0.2) is 0 Å². The second-order valence-electron chi connectivity index (χ2n) is 5.33. The predicted molar refractivity (Wildman–Crippen MR) is 82.3 cm³/mol. The minimum Gasteiger partial charge on any atom is -0.487 e. The molecule has 20 heavy (non-hydrogen) atoms. The molecule has 2 rings (SSSR count). The highest BCUT2D eigenvalue weighted by atomic mass is 16.5. The Bertz CT molecular complexity index is 408. The van der Waals surface area contributed by atoms with Crippen molar-refractivity contribution in [3.05, 3.63) is 29.8 Å². The zero-order valence-electron chi connectivity index (χ0n) is 12.9. The summed E-state index contributed by atoms with van der Waals surface area (Å²) in [6.45, 7) is 8.18. The van der Waals surface area contributed by atoms with Gasteiger partial charge in [-0.05, 0) is 37.9 Å². The van der Waals surface area contributed by atoms with E-state index in [2.05, 4.69) is 37.4 Å². The Morgan fingerprint density at radius 3 is 2.70 bits per heavy atom. The zero-order valence-corrected chi connectivity index (χ0v) is 12.9. The molecule has 3 unspecified atom stereocenters. The summed E-state index contributed by atoms with van der Waals surface area (Å²) in [5.41, 5.74) is 1.27. The highest BCUT2D eigenvalue weighted by Gasteiger charge is 2.43. The van der Waals surface area contributed by atoms with Gasteiger partial charge in [-0.1, -0.05) is 32.0 Å². The fraction of sp³-hybridized carbons (Fsp3) is 0.647. The zero-order chi connectivity index (χ0) is 14.4. The molecule has 3 atom stereocenters. The highest BCUT2D eigenvalue weighted by molar-refractivity contribution is 5.33. The van der Waals surface area contributed by atoms with Gasteiger partial charge in [0, 0.05) is 19.1 Å². The maximum atomic E-state index is 6.18. The van der Waals surface area contributed by atoms with Crippen LogP contribution in [-0.2, 0) is 11.2 Å². The first kappa shape index (κ1) is 15.3. The second-order valence-corrected chi connectivity index (χ2v) is 5.33. The molecule has 0 aliphatic heterocycles. The molecule has 1 aliphatic carbocycles. The molecule has 1 fully saturated rings. The van der Waals surface area contributed by atoms with Crippen LogP contribution >= 0.6 is 0 Å². The number of ether oxygens (including phenoxy) is 2. The van der Waals surface area contributed by atoms with Crippen molar-refractivity contribution in [1.82, 2.24) is 5.32 Å². The minimum absolute atomic E-state index is 0.177. The fourth-order valence-electron chi connectivity index (χ4n) is 2.72. The smallest absolute Gasteiger partial charge is 0.128 e. The molecule has 0 bridgehead atoms. The molecule has 0 saturated heterocycles. The van der Waals surface area contributed by atoms with Crippen molar-refractivity contribution in [2.75, 3.05) is 13.2 Å². The third-order valence-electron chi connectivity index (χ3n) is 3.90. The molecule has 1 N–H and O–H groups in total. The maximum Gasteiger partial charge on any atom is 0.128 e. The molecule has 1 aromatic carbocycles. The Labute approximate surface area is 122 Å². The van der Waals surface area contributed by atoms with Gasteiger partial charge in [-0.15, -0.1) is 0 Å². The number of benzene rings is 1. The number of nitrogens with one attached hydrogen (secondary N) is 1. The van der Waals surface area contributed by atoms with Gasteiger partial charge < -0.3 is 14.8 Å². The van der Waals surface area contributed by atoms with Crippen LogP contribution in [0.25, 0.3) is 0 Å². The Balaban J connectivity index is 1.95. The molecule has 0 radical (unpaired) electrons. The number of aryl methyl sites for hydroxylation is 1. The maximum absolute atomic E-state index is 6.18. The van der Waals surface area contributed by atoms with Gasteiger partial charge in [0.2, 0.25) is 0 Å². The summed E-state index contributed by atoms with van der Waals surface area (Å²) < 4.78 is 12.0. The highest BCUT2D eigenvalue weighted by Crippen LogP contribution is 2.31.